The van der Waals surface area contributed by atoms with Crippen LogP contribution in [-0.2, 0) is 0 Å². The van der Waals surface area contributed by atoms with Crippen LogP contribution in [0.2, 0.25) is 0 Å². The van der Waals surface area contributed by atoms with Crippen LogP contribution >= 0.6 is 11.8 Å². The topological polar surface area (TPSA) is 92.3 Å². The molecule has 9 heteroatoms. The highest BCUT2D eigenvalue weighted by molar-refractivity contribution is 8.03. The minimum absolute atomic E-state index is 0.359. The number of thioether (sulfide) groups is 1. The smallest absolute Gasteiger partial charge is 0.229 e. The zero-order chi connectivity index (χ0) is 17.9. The van der Waals surface area contributed by atoms with Crippen LogP contribution in [0.5, 0.6) is 0 Å². The number of nitrogens with zero attached hydrogens (tertiary/aromatic N) is 6. The van der Waals surface area contributed by atoms with Crippen molar-refractivity contribution in [3.05, 3.63) is 60.5 Å². The number of nitriles is 1. The molecule has 0 saturated heterocycles. The van der Waals surface area contributed by atoms with Crippen LogP contribution in [0, 0.1) is 16.5 Å². The summed E-state index contributed by atoms with van der Waals surface area (Å²) in [6.45, 7) is 0. The Hall–Kier alpha value is -3.51. The zero-order valence-corrected chi connectivity index (χ0v) is 14.0. The molecule has 0 spiro atoms. The van der Waals surface area contributed by atoms with Crippen LogP contribution in [0.3, 0.4) is 0 Å². The summed E-state index contributed by atoms with van der Waals surface area (Å²) in [5.74, 6) is -0.00739. The van der Waals surface area contributed by atoms with Gasteiger partial charge in [-0.3, -0.25) is 0 Å². The summed E-state index contributed by atoms with van der Waals surface area (Å²) in [7, 11) is 0. The van der Waals surface area contributed by atoms with Gasteiger partial charge in [-0.2, -0.15) is 14.9 Å². The summed E-state index contributed by atoms with van der Waals surface area (Å²) in [4.78, 5) is 9.50. The molecule has 7 nitrogen and oxygen atoms in total. The normalized spacial score (nSPS) is 10.6. The molecule has 2 heterocycles. The summed E-state index contributed by atoms with van der Waals surface area (Å²) in [5.41, 5.74) is 2.26. The molecular formula is C17H10FN7S. The lowest BCUT2D eigenvalue weighted by Gasteiger charge is -2.06. The fourth-order valence-corrected chi connectivity index (χ4v) is 2.74. The Bertz CT molecular complexity index is 1120. The van der Waals surface area contributed by atoms with E-state index in [0.717, 1.165) is 22.3 Å². The van der Waals surface area contributed by atoms with Gasteiger partial charge in [-0.15, -0.1) is 5.10 Å². The van der Waals surface area contributed by atoms with E-state index < -0.39 is 0 Å². The second kappa shape index (κ2) is 6.78. The van der Waals surface area contributed by atoms with Gasteiger partial charge in [0.25, 0.3) is 0 Å². The molecule has 1 N–H and O–H groups in total. The van der Waals surface area contributed by atoms with Crippen molar-refractivity contribution in [2.24, 2.45) is 0 Å². The van der Waals surface area contributed by atoms with Crippen molar-refractivity contribution in [1.82, 2.24) is 25.0 Å². The maximum absolute atomic E-state index is 13.5. The van der Waals surface area contributed by atoms with Gasteiger partial charge in [-0.05, 0) is 54.2 Å². The molecule has 0 amide bonds. The van der Waals surface area contributed by atoms with Crippen molar-refractivity contribution in [2.75, 3.05) is 5.32 Å². The minimum Gasteiger partial charge on any atom is -0.324 e. The molecule has 2 aromatic carbocycles. The number of hydrogen-bond acceptors (Lipinski definition) is 7. The second-order valence-electron chi connectivity index (χ2n) is 5.23. The van der Waals surface area contributed by atoms with Gasteiger partial charge in [0.05, 0.1) is 11.9 Å². The molecule has 0 aliphatic heterocycles. The number of thiocyanates is 1. The monoisotopic (exact) mass is 363 g/mol. The summed E-state index contributed by atoms with van der Waals surface area (Å²) >= 11 is 1.09. The third-order valence-corrected chi connectivity index (χ3v) is 4.12. The predicted octanol–water partition coefficient (Wildman–Crippen LogP) is 3.67. The Morgan fingerprint density at radius 1 is 1.15 bits per heavy atom. The Balaban J connectivity index is 1.67. The second-order valence-corrected chi connectivity index (χ2v) is 6.08. The largest absolute Gasteiger partial charge is 0.324 e. The van der Waals surface area contributed by atoms with E-state index in [9.17, 15) is 4.39 Å². The van der Waals surface area contributed by atoms with Gasteiger partial charge < -0.3 is 5.32 Å². The number of halogens is 1. The van der Waals surface area contributed by atoms with Crippen LogP contribution in [-0.4, -0.2) is 25.0 Å². The Morgan fingerprint density at radius 3 is 2.77 bits per heavy atom. The standard InChI is InChI=1S/C17H10FN7S/c18-11-2-1-3-13(8-11)25-16-15(23-24-25)9-20-17(22-16)21-12-4-6-14(7-5-12)26-10-19/h1-9H,(H,20,21,22). The van der Waals surface area contributed by atoms with E-state index >= 15 is 0 Å². The predicted molar refractivity (Wildman–Crippen MR) is 95.6 cm³/mol. The molecule has 0 fully saturated rings. The first kappa shape index (κ1) is 16.0. The lowest BCUT2D eigenvalue weighted by Crippen LogP contribution is -2.01. The average molecular weight is 363 g/mol. The molecule has 0 unspecified atom stereocenters. The quantitative estimate of drug-likeness (QED) is 0.437. The summed E-state index contributed by atoms with van der Waals surface area (Å²) in [5, 5.41) is 21.8. The molecule has 26 heavy (non-hydrogen) atoms. The lowest BCUT2D eigenvalue weighted by atomic mass is 10.3. The summed E-state index contributed by atoms with van der Waals surface area (Å²) in [6, 6.07) is 13.3. The first-order valence-corrected chi connectivity index (χ1v) is 8.32. The minimum atomic E-state index is -0.367. The van der Waals surface area contributed by atoms with Gasteiger partial charge in [0.2, 0.25) is 5.95 Å². The number of aromatic nitrogens is 5. The van der Waals surface area contributed by atoms with E-state index in [4.69, 9.17) is 5.26 Å². The first-order valence-electron chi connectivity index (χ1n) is 7.50. The molecule has 0 bridgehead atoms. The van der Waals surface area contributed by atoms with Crippen LogP contribution in [0.4, 0.5) is 16.0 Å². The number of rotatable bonds is 4. The van der Waals surface area contributed by atoms with E-state index in [1.54, 1.807) is 18.3 Å². The van der Waals surface area contributed by atoms with Gasteiger partial charge in [0, 0.05) is 10.6 Å². The van der Waals surface area contributed by atoms with Gasteiger partial charge in [-0.1, -0.05) is 11.3 Å². The molecule has 0 atom stereocenters. The van der Waals surface area contributed by atoms with Crippen LogP contribution < -0.4 is 5.32 Å². The highest BCUT2D eigenvalue weighted by Crippen LogP contribution is 2.22. The van der Waals surface area contributed by atoms with Gasteiger partial charge in [0.1, 0.15) is 11.2 Å². The Kier molecular flexibility index (Phi) is 4.17. The van der Waals surface area contributed by atoms with Crippen molar-refractivity contribution in [2.45, 2.75) is 4.90 Å². The molecule has 4 aromatic rings. The summed E-state index contributed by atoms with van der Waals surface area (Å²) in [6.07, 6.45) is 1.55. The number of benzene rings is 2. The number of anilines is 2. The van der Waals surface area contributed by atoms with E-state index in [1.807, 2.05) is 29.7 Å². The molecule has 4 rings (SSSR count). The third kappa shape index (κ3) is 3.18. The maximum atomic E-state index is 13.5. The first-order chi connectivity index (χ1) is 12.7. The number of nitrogens with one attached hydrogen (secondary N) is 1. The Labute approximate surface area is 151 Å². The van der Waals surface area contributed by atoms with E-state index in [1.165, 1.54) is 16.8 Å². The van der Waals surface area contributed by atoms with Crippen molar-refractivity contribution in [1.29, 1.82) is 5.26 Å². The maximum Gasteiger partial charge on any atom is 0.229 e. The molecular weight excluding hydrogens is 353 g/mol. The zero-order valence-electron chi connectivity index (χ0n) is 13.2. The van der Waals surface area contributed by atoms with Crippen molar-refractivity contribution >= 4 is 34.6 Å². The molecule has 0 radical (unpaired) electrons. The van der Waals surface area contributed by atoms with E-state index in [2.05, 4.69) is 25.6 Å². The SMILES string of the molecule is N#CSc1ccc(Nc2ncc3nnn(-c4cccc(F)c4)c3n2)cc1. The fourth-order valence-electron chi connectivity index (χ4n) is 2.36. The van der Waals surface area contributed by atoms with Gasteiger partial charge >= 0.3 is 0 Å². The van der Waals surface area contributed by atoms with Crippen LogP contribution in [0.15, 0.2) is 59.6 Å². The number of hydrogen-bond donors (Lipinski definition) is 1. The van der Waals surface area contributed by atoms with Gasteiger partial charge in [0.15, 0.2) is 11.2 Å². The molecule has 0 aliphatic rings. The summed E-state index contributed by atoms with van der Waals surface area (Å²) < 4.78 is 14.9. The average Bonchev–Trinajstić information content (AvgIpc) is 3.07. The van der Waals surface area contributed by atoms with Crippen LogP contribution in [0.25, 0.3) is 16.9 Å². The van der Waals surface area contributed by atoms with Crippen molar-refractivity contribution in [3.63, 3.8) is 0 Å². The lowest BCUT2D eigenvalue weighted by molar-refractivity contribution is 0.625. The Morgan fingerprint density at radius 2 is 2.00 bits per heavy atom. The highest BCUT2D eigenvalue weighted by atomic mass is 32.2. The molecule has 126 valence electrons. The van der Waals surface area contributed by atoms with E-state index in [0.29, 0.717) is 22.8 Å². The van der Waals surface area contributed by atoms with Gasteiger partial charge in [-0.25, -0.2) is 9.37 Å². The van der Waals surface area contributed by atoms with Crippen LogP contribution in [0.1, 0.15) is 0 Å². The van der Waals surface area contributed by atoms with Crippen molar-refractivity contribution < 1.29 is 4.39 Å². The number of fused-ring (bicyclic) bond motifs is 1. The fraction of sp³-hybridized carbons (Fsp3) is 0. The van der Waals surface area contributed by atoms with E-state index in [-0.39, 0.29) is 5.82 Å². The molecule has 2 aromatic heterocycles. The highest BCUT2D eigenvalue weighted by Gasteiger charge is 2.11. The molecule has 0 saturated carbocycles. The van der Waals surface area contributed by atoms with Crippen molar-refractivity contribution in [3.8, 4) is 11.1 Å². The molecule has 0 aliphatic carbocycles. The third-order valence-electron chi connectivity index (χ3n) is 3.52.